The summed E-state index contributed by atoms with van der Waals surface area (Å²) < 4.78 is 5.12. The molecule has 2 aromatic rings. The van der Waals surface area contributed by atoms with Gasteiger partial charge in [-0.3, -0.25) is 14.5 Å². The molecule has 152 valence electrons. The predicted octanol–water partition coefficient (Wildman–Crippen LogP) is 3.26. The number of rotatable bonds is 8. The van der Waals surface area contributed by atoms with E-state index in [1.165, 1.54) is 0 Å². The summed E-state index contributed by atoms with van der Waals surface area (Å²) in [5.41, 5.74) is 1.97. The van der Waals surface area contributed by atoms with Crippen molar-refractivity contribution < 1.29 is 24.2 Å². The number of carbonyl (C=O) groups is 3. The van der Waals surface area contributed by atoms with Gasteiger partial charge in [-0.1, -0.05) is 49.4 Å². The third-order valence-corrected chi connectivity index (χ3v) is 5.49. The number of aliphatic carboxylic acids is 1. The van der Waals surface area contributed by atoms with E-state index in [-0.39, 0.29) is 12.3 Å². The highest BCUT2D eigenvalue weighted by atomic mass is 16.5. The predicted molar refractivity (Wildman–Crippen MR) is 108 cm³/mol. The van der Waals surface area contributed by atoms with E-state index in [1.54, 1.807) is 7.11 Å². The summed E-state index contributed by atoms with van der Waals surface area (Å²) in [6.45, 7) is 1.90. The fraction of sp³-hybridized carbons (Fsp3) is 0.348. The second-order valence-electron chi connectivity index (χ2n) is 7.39. The van der Waals surface area contributed by atoms with Crippen LogP contribution in [0.2, 0.25) is 0 Å². The Balaban J connectivity index is 1.62. The first-order valence-electron chi connectivity index (χ1n) is 9.69. The summed E-state index contributed by atoms with van der Waals surface area (Å²) in [7, 11) is 1.59. The summed E-state index contributed by atoms with van der Waals surface area (Å²) >= 11 is 0. The molecule has 1 aliphatic heterocycles. The van der Waals surface area contributed by atoms with Crippen LogP contribution in [0.5, 0.6) is 5.75 Å². The highest BCUT2D eigenvalue weighted by molar-refractivity contribution is 6.08. The summed E-state index contributed by atoms with van der Waals surface area (Å²) in [4.78, 5) is 37.9. The number of carboxylic acids is 1. The van der Waals surface area contributed by atoms with Gasteiger partial charge in [0.25, 0.3) is 0 Å². The molecule has 1 N–H and O–H groups in total. The maximum atomic E-state index is 12.7. The van der Waals surface area contributed by atoms with Crippen molar-refractivity contribution in [3.05, 3.63) is 65.7 Å². The molecule has 0 aromatic heterocycles. The third-order valence-electron chi connectivity index (χ3n) is 5.49. The van der Waals surface area contributed by atoms with E-state index in [1.807, 2.05) is 61.5 Å². The maximum Gasteiger partial charge on any atom is 0.327 e. The lowest BCUT2D eigenvalue weighted by Gasteiger charge is -2.43. The molecule has 3 atom stereocenters. The van der Waals surface area contributed by atoms with Gasteiger partial charge in [-0.25, -0.2) is 4.79 Å². The number of hydrogen-bond donors (Lipinski definition) is 1. The Bertz CT molecular complexity index is 878. The molecule has 3 rings (SSSR count). The maximum absolute atomic E-state index is 12.7. The minimum atomic E-state index is -1.13. The first-order chi connectivity index (χ1) is 13.9. The van der Waals surface area contributed by atoms with Gasteiger partial charge in [0.1, 0.15) is 11.8 Å². The van der Waals surface area contributed by atoms with Crippen LogP contribution in [-0.4, -0.2) is 40.9 Å². The first kappa shape index (κ1) is 20.6. The monoisotopic (exact) mass is 395 g/mol. The van der Waals surface area contributed by atoms with E-state index in [9.17, 15) is 19.5 Å². The summed E-state index contributed by atoms with van der Waals surface area (Å²) in [5.74, 6) is -1.99. The average molecular weight is 395 g/mol. The summed E-state index contributed by atoms with van der Waals surface area (Å²) in [5, 5.41) is 9.59. The number of carbonyl (C=O) groups excluding carboxylic acids is 2. The Kier molecular flexibility index (Phi) is 6.32. The van der Waals surface area contributed by atoms with Gasteiger partial charge >= 0.3 is 5.97 Å². The van der Waals surface area contributed by atoms with Gasteiger partial charge in [-0.2, -0.15) is 0 Å². The summed E-state index contributed by atoms with van der Waals surface area (Å²) in [6, 6.07) is 15.9. The summed E-state index contributed by atoms with van der Waals surface area (Å²) in [6.07, 6.45) is 1.05. The third kappa shape index (κ3) is 4.47. The van der Waals surface area contributed by atoms with Gasteiger partial charge in [0.2, 0.25) is 11.8 Å². The number of amides is 2. The second kappa shape index (κ2) is 8.90. The Hall–Kier alpha value is -3.15. The van der Waals surface area contributed by atoms with Crippen LogP contribution in [0.4, 0.5) is 0 Å². The molecule has 6 heteroatoms. The van der Waals surface area contributed by atoms with Gasteiger partial charge in [0, 0.05) is 6.42 Å². The molecular weight excluding hydrogens is 370 g/mol. The Morgan fingerprint density at radius 2 is 1.76 bits per heavy atom. The molecule has 0 radical (unpaired) electrons. The number of aryl methyl sites for hydroxylation is 1. The van der Waals surface area contributed by atoms with E-state index in [4.69, 9.17) is 4.74 Å². The van der Waals surface area contributed by atoms with E-state index in [0.717, 1.165) is 21.8 Å². The van der Waals surface area contributed by atoms with Crippen molar-refractivity contribution in [2.45, 2.75) is 38.1 Å². The highest BCUT2D eigenvalue weighted by Gasteiger charge is 2.54. The largest absolute Gasteiger partial charge is 0.497 e. The van der Waals surface area contributed by atoms with Crippen molar-refractivity contribution in [1.82, 2.24) is 4.90 Å². The van der Waals surface area contributed by atoms with Crippen molar-refractivity contribution in [1.29, 1.82) is 0 Å². The van der Waals surface area contributed by atoms with E-state index < -0.39 is 29.7 Å². The van der Waals surface area contributed by atoms with Crippen LogP contribution in [0.15, 0.2) is 54.6 Å². The highest BCUT2D eigenvalue weighted by Crippen LogP contribution is 2.33. The Labute approximate surface area is 170 Å². The van der Waals surface area contributed by atoms with Gasteiger partial charge in [0.15, 0.2) is 0 Å². The zero-order valence-corrected chi connectivity index (χ0v) is 16.6. The molecule has 2 aromatic carbocycles. The van der Waals surface area contributed by atoms with Gasteiger partial charge < -0.3 is 9.84 Å². The minimum absolute atomic E-state index is 0.0932. The van der Waals surface area contributed by atoms with Crippen molar-refractivity contribution >= 4 is 17.8 Å². The SMILES string of the molecule is COc1ccc(CC[C@H]2C(=O)N(C(=O)C[C@H](C)c3ccccc3)[C@@H]2C(=O)O)cc1. The Morgan fingerprint density at radius 1 is 1.10 bits per heavy atom. The minimum Gasteiger partial charge on any atom is -0.497 e. The standard InChI is InChI=1S/C23H25NO5/c1-15(17-6-4-3-5-7-17)14-20(25)24-21(23(27)28)19(22(24)26)13-10-16-8-11-18(29-2)12-9-16/h3-9,11-12,15,19,21H,10,13-14H2,1-2H3,(H,27,28)/t15-,19+,21-/m0/s1. The van der Waals surface area contributed by atoms with Crippen LogP contribution < -0.4 is 4.74 Å². The van der Waals surface area contributed by atoms with Crippen molar-refractivity contribution in [2.24, 2.45) is 5.92 Å². The average Bonchev–Trinajstić information content (AvgIpc) is 2.72. The molecular formula is C23H25NO5. The van der Waals surface area contributed by atoms with Crippen LogP contribution in [0.25, 0.3) is 0 Å². The number of benzene rings is 2. The molecule has 1 fully saturated rings. The molecule has 0 aliphatic carbocycles. The zero-order valence-electron chi connectivity index (χ0n) is 16.6. The number of methoxy groups -OCH3 is 1. The van der Waals surface area contributed by atoms with Crippen molar-refractivity contribution in [2.75, 3.05) is 7.11 Å². The molecule has 0 saturated carbocycles. The lowest BCUT2D eigenvalue weighted by Crippen LogP contribution is -2.66. The second-order valence-corrected chi connectivity index (χ2v) is 7.39. The van der Waals surface area contributed by atoms with Gasteiger partial charge in [-0.05, 0) is 42.0 Å². The number of hydrogen-bond acceptors (Lipinski definition) is 4. The number of imide groups is 1. The van der Waals surface area contributed by atoms with Crippen LogP contribution in [0, 0.1) is 5.92 Å². The molecule has 1 aliphatic rings. The van der Waals surface area contributed by atoms with Crippen LogP contribution in [0.1, 0.15) is 36.8 Å². The van der Waals surface area contributed by atoms with E-state index >= 15 is 0 Å². The van der Waals surface area contributed by atoms with Crippen molar-refractivity contribution in [3.63, 3.8) is 0 Å². The number of β-lactam (4-membered cyclic amide) rings is 1. The number of nitrogens with zero attached hydrogens (tertiary/aromatic N) is 1. The quantitative estimate of drug-likeness (QED) is 0.694. The molecule has 2 amide bonds. The number of ether oxygens (including phenoxy) is 1. The lowest BCUT2D eigenvalue weighted by atomic mass is 9.81. The topological polar surface area (TPSA) is 83.9 Å². The molecule has 6 nitrogen and oxygen atoms in total. The fourth-order valence-corrected chi connectivity index (χ4v) is 3.76. The molecule has 29 heavy (non-hydrogen) atoms. The van der Waals surface area contributed by atoms with Gasteiger partial charge in [0.05, 0.1) is 13.0 Å². The normalized spacial score (nSPS) is 19.4. The van der Waals surface area contributed by atoms with Gasteiger partial charge in [-0.15, -0.1) is 0 Å². The van der Waals surface area contributed by atoms with Crippen LogP contribution in [0.3, 0.4) is 0 Å². The van der Waals surface area contributed by atoms with Crippen LogP contribution >= 0.6 is 0 Å². The van der Waals surface area contributed by atoms with Crippen molar-refractivity contribution in [3.8, 4) is 5.75 Å². The molecule has 1 saturated heterocycles. The smallest absolute Gasteiger partial charge is 0.327 e. The zero-order chi connectivity index (χ0) is 21.0. The molecule has 1 heterocycles. The molecule has 0 spiro atoms. The molecule has 0 unspecified atom stereocenters. The number of likely N-dealkylation sites (tertiary alicyclic amines) is 1. The fourth-order valence-electron chi connectivity index (χ4n) is 3.76. The molecule has 0 bridgehead atoms. The van der Waals surface area contributed by atoms with E-state index in [0.29, 0.717) is 12.8 Å². The lowest BCUT2D eigenvalue weighted by molar-refractivity contribution is -0.177. The first-order valence-corrected chi connectivity index (χ1v) is 9.69. The van der Waals surface area contributed by atoms with E-state index in [2.05, 4.69) is 0 Å². The Morgan fingerprint density at radius 3 is 2.34 bits per heavy atom. The number of carboxylic acid groups (broad SMARTS) is 1. The van der Waals surface area contributed by atoms with Crippen LogP contribution in [-0.2, 0) is 20.8 Å².